The third-order valence-corrected chi connectivity index (χ3v) is 4.02. The lowest BCUT2D eigenvalue weighted by Crippen LogP contribution is -2.41. The van der Waals surface area contributed by atoms with Crippen LogP contribution in [-0.4, -0.2) is 35.9 Å². The molecule has 2 N–H and O–H groups in total. The molecule has 2 aliphatic rings. The number of nitrogens with zero attached hydrogens (tertiary/aromatic N) is 2. The highest BCUT2D eigenvalue weighted by Gasteiger charge is 2.26. The van der Waals surface area contributed by atoms with Gasteiger partial charge in [-0.15, -0.1) is 0 Å². The van der Waals surface area contributed by atoms with Crippen LogP contribution < -0.4 is 15.5 Å². The van der Waals surface area contributed by atoms with Crippen molar-refractivity contribution in [2.24, 2.45) is 0 Å². The van der Waals surface area contributed by atoms with E-state index in [2.05, 4.69) is 20.5 Å². The standard InChI is InChI=1S/C15H20N4O2/c20-14-4-3-12(18-14)15(21)17-10-11-5-6-16-13(9-11)19-7-1-2-8-19/h5-6,9,12H,1-4,7-8,10H2,(H,17,21)(H,18,20)/t12-/m0/s1. The minimum atomic E-state index is -0.377. The molecule has 0 saturated carbocycles. The van der Waals surface area contributed by atoms with E-state index in [1.165, 1.54) is 12.8 Å². The lowest BCUT2D eigenvalue weighted by atomic mass is 10.2. The molecule has 0 radical (unpaired) electrons. The molecule has 1 aromatic rings. The molecule has 3 heterocycles. The summed E-state index contributed by atoms with van der Waals surface area (Å²) in [6, 6.07) is 3.56. The van der Waals surface area contributed by atoms with Crippen LogP contribution in [0.15, 0.2) is 18.3 Å². The van der Waals surface area contributed by atoms with Crippen molar-refractivity contribution in [2.45, 2.75) is 38.3 Å². The first kappa shape index (κ1) is 13.9. The molecule has 21 heavy (non-hydrogen) atoms. The summed E-state index contributed by atoms with van der Waals surface area (Å²) >= 11 is 0. The van der Waals surface area contributed by atoms with E-state index in [-0.39, 0.29) is 17.9 Å². The van der Waals surface area contributed by atoms with Gasteiger partial charge >= 0.3 is 0 Å². The fraction of sp³-hybridized carbons (Fsp3) is 0.533. The van der Waals surface area contributed by atoms with Crippen molar-refractivity contribution in [3.05, 3.63) is 23.9 Å². The van der Waals surface area contributed by atoms with Crippen LogP contribution in [0.2, 0.25) is 0 Å². The summed E-state index contributed by atoms with van der Waals surface area (Å²) in [6.07, 6.45) is 5.23. The van der Waals surface area contributed by atoms with Crippen LogP contribution in [0.4, 0.5) is 5.82 Å². The Labute approximate surface area is 123 Å². The molecule has 2 fully saturated rings. The molecule has 0 spiro atoms. The van der Waals surface area contributed by atoms with Crippen molar-refractivity contribution >= 4 is 17.6 Å². The summed E-state index contributed by atoms with van der Waals surface area (Å²) in [5, 5.41) is 5.55. The number of rotatable bonds is 4. The van der Waals surface area contributed by atoms with Crippen molar-refractivity contribution in [1.82, 2.24) is 15.6 Å². The molecule has 6 nitrogen and oxygen atoms in total. The molecule has 0 bridgehead atoms. The Morgan fingerprint density at radius 1 is 1.43 bits per heavy atom. The lowest BCUT2D eigenvalue weighted by molar-refractivity contribution is -0.125. The molecule has 112 valence electrons. The summed E-state index contributed by atoms with van der Waals surface area (Å²) < 4.78 is 0. The van der Waals surface area contributed by atoms with Crippen LogP contribution in [0.5, 0.6) is 0 Å². The number of amides is 2. The summed E-state index contributed by atoms with van der Waals surface area (Å²) in [4.78, 5) is 29.7. The number of hydrogen-bond acceptors (Lipinski definition) is 4. The van der Waals surface area contributed by atoms with Crippen molar-refractivity contribution in [1.29, 1.82) is 0 Å². The maximum Gasteiger partial charge on any atom is 0.242 e. The Kier molecular flexibility index (Phi) is 4.03. The highest BCUT2D eigenvalue weighted by atomic mass is 16.2. The number of pyridine rings is 1. The van der Waals surface area contributed by atoms with Gasteiger partial charge in [0.05, 0.1) is 0 Å². The van der Waals surface area contributed by atoms with E-state index < -0.39 is 0 Å². The van der Waals surface area contributed by atoms with Crippen LogP contribution in [0.3, 0.4) is 0 Å². The number of aromatic nitrogens is 1. The smallest absolute Gasteiger partial charge is 0.242 e. The van der Waals surface area contributed by atoms with Gasteiger partial charge in [-0.1, -0.05) is 0 Å². The van der Waals surface area contributed by atoms with E-state index in [4.69, 9.17) is 0 Å². The zero-order valence-corrected chi connectivity index (χ0v) is 12.0. The second kappa shape index (κ2) is 6.11. The van der Waals surface area contributed by atoms with Crippen LogP contribution in [0.1, 0.15) is 31.2 Å². The van der Waals surface area contributed by atoms with Gasteiger partial charge < -0.3 is 15.5 Å². The Bertz CT molecular complexity index is 540. The van der Waals surface area contributed by atoms with Crippen molar-refractivity contribution in [2.75, 3.05) is 18.0 Å². The number of carbonyl (C=O) groups is 2. The first-order valence-corrected chi connectivity index (χ1v) is 7.49. The van der Waals surface area contributed by atoms with Gasteiger partial charge in [0.25, 0.3) is 0 Å². The minimum absolute atomic E-state index is 0.0459. The Morgan fingerprint density at radius 3 is 2.95 bits per heavy atom. The van der Waals surface area contributed by atoms with E-state index >= 15 is 0 Å². The third-order valence-electron chi connectivity index (χ3n) is 4.02. The highest BCUT2D eigenvalue weighted by Crippen LogP contribution is 2.18. The molecule has 2 saturated heterocycles. The molecular formula is C15H20N4O2. The maximum absolute atomic E-state index is 12.0. The fourth-order valence-electron chi connectivity index (χ4n) is 2.81. The van der Waals surface area contributed by atoms with Gasteiger partial charge in [0, 0.05) is 32.3 Å². The SMILES string of the molecule is O=C1CC[C@@H](C(=O)NCc2ccnc(N3CCCC3)c2)N1. The van der Waals surface area contributed by atoms with Gasteiger partial charge in [0.2, 0.25) is 11.8 Å². The van der Waals surface area contributed by atoms with Gasteiger partial charge in [-0.05, 0) is 37.0 Å². The van der Waals surface area contributed by atoms with Gasteiger partial charge in [-0.2, -0.15) is 0 Å². The summed E-state index contributed by atoms with van der Waals surface area (Å²) in [7, 11) is 0. The van der Waals surface area contributed by atoms with Crippen LogP contribution in [-0.2, 0) is 16.1 Å². The van der Waals surface area contributed by atoms with E-state index in [1.807, 2.05) is 12.1 Å². The highest BCUT2D eigenvalue weighted by molar-refractivity contribution is 5.90. The van der Waals surface area contributed by atoms with E-state index in [0.29, 0.717) is 19.4 Å². The largest absolute Gasteiger partial charge is 0.357 e. The Morgan fingerprint density at radius 2 is 2.24 bits per heavy atom. The van der Waals surface area contributed by atoms with Gasteiger partial charge in [-0.25, -0.2) is 4.98 Å². The minimum Gasteiger partial charge on any atom is -0.357 e. The van der Waals surface area contributed by atoms with Gasteiger partial charge in [-0.3, -0.25) is 9.59 Å². The van der Waals surface area contributed by atoms with Crippen LogP contribution in [0, 0.1) is 0 Å². The van der Waals surface area contributed by atoms with Crippen molar-refractivity contribution in [3.63, 3.8) is 0 Å². The molecule has 0 aromatic carbocycles. The second-order valence-corrected chi connectivity index (χ2v) is 5.59. The molecule has 0 unspecified atom stereocenters. The average molecular weight is 288 g/mol. The number of carbonyl (C=O) groups excluding carboxylic acids is 2. The van der Waals surface area contributed by atoms with E-state index in [9.17, 15) is 9.59 Å². The topological polar surface area (TPSA) is 74.3 Å². The summed E-state index contributed by atoms with van der Waals surface area (Å²) in [5.74, 6) is 0.823. The lowest BCUT2D eigenvalue weighted by Gasteiger charge is -2.17. The third kappa shape index (κ3) is 3.32. The molecule has 2 aliphatic heterocycles. The molecule has 1 aromatic heterocycles. The monoisotopic (exact) mass is 288 g/mol. The molecule has 1 atom stereocenters. The first-order chi connectivity index (χ1) is 10.2. The zero-order valence-electron chi connectivity index (χ0n) is 12.0. The van der Waals surface area contributed by atoms with Crippen molar-refractivity contribution in [3.8, 4) is 0 Å². The molecular weight excluding hydrogens is 268 g/mol. The predicted molar refractivity (Wildman–Crippen MR) is 78.7 cm³/mol. The van der Waals surface area contributed by atoms with Crippen LogP contribution in [0.25, 0.3) is 0 Å². The number of anilines is 1. The quantitative estimate of drug-likeness (QED) is 0.850. The van der Waals surface area contributed by atoms with Crippen LogP contribution >= 0.6 is 0 Å². The molecule has 3 rings (SSSR count). The Balaban J connectivity index is 1.56. The van der Waals surface area contributed by atoms with Crippen molar-refractivity contribution < 1.29 is 9.59 Å². The summed E-state index contributed by atoms with van der Waals surface area (Å²) in [6.45, 7) is 2.57. The number of nitrogens with one attached hydrogen (secondary N) is 2. The second-order valence-electron chi connectivity index (χ2n) is 5.59. The van der Waals surface area contributed by atoms with E-state index in [1.54, 1.807) is 6.20 Å². The van der Waals surface area contributed by atoms with Gasteiger partial charge in [0.1, 0.15) is 11.9 Å². The normalized spacial score (nSPS) is 21.4. The summed E-state index contributed by atoms with van der Waals surface area (Å²) in [5.41, 5.74) is 1.03. The average Bonchev–Trinajstić information content (AvgIpc) is 3.16. The number of hydrogen-bond donors (Lipinski definition) is 2. The molecule has 6 heteroatoms. The molecule has 0 aliphatic carbocycles. The molecule has 2 amide bonds. The van der Waals surface area contributed by atoms with E-state index in [0.717, 1.165) is 24.5 Å². The maximum atomic E-state index is 12.0. The zero-order chi connectivity index (χ0) is 14.7. The fourth-order valence-corrected chi connectivity index (χ4v) is 2.81. The van der Waals surface area contributed by atoms with Gasteiger partial charge in [0.15, 0.2) is 0 Å². The Hall–Kier alpha value is -2.11. The predicted octanol–water partition coefficient (Wildman–Crippen LogP) is 0.577. The first-order valence-electron chi connectivity index (χ1n) is 7.49.